The third kappa shape index (κ3) is 4.75. The molecule has 16 heavy (non-hydrogen) atoms. The van der Waals surface area contributed by atoms with Crippen molar-refractivity contribution >= 4 is 11.7 Å². The molecule has 2 rings (SSSR count). The van der Waals surface area contributed by atoms with Gasteiger partial charge in [0.05, 0.1) is 6.54 Å². The molecular formula is C12H22N2O2. The maximum Gasteiger partial charge on any atom is 0.222 e. The summed E-state index contributed by atoms with van der Waals surface area (Å²) in [5, 5.41) is 0. The largest absolute Gasteiger partial charge is 0.346 e. The molecule has 0 aromatic carbocycles. The Labute approximate surface area is 97.6 Å². The molecule has 92 valence electrons. The first-order valence-electron chi connectivity index (χ1n) is 6.04. The fourth-order valence-electron chi connectivity index (χ4n) is 1.95. The van der Waals surface area contributed by atoms with Gasteiger partial charge in [-0.3, -0.25) is 14.5 Å². The van der Waals surface area contributed by atoms with E-state index in [-0.39, 0.29) is 0 Å². The van der Waals surface area contributed by atoms with Gasteiger partial charge in [-0.1, -0.05) is 0 Å². The number of carbonyl (C=O) groups excluding carboxylic acids is 2. The third-order valence-corrected chi connectivity index (χ3v) is 3.00. The standard InChI is InChI=1S/2C6H11NO/c1-7-4-2-3-6(8)5-7;1-7-5-3-2-4-6(7)8/h2*2-5H2,1H3. The van der Waals surface area contributed by atoms with E-state index in [1.165, 1.54) is 6.42 Å². The Hall–Kier alpha value is -0.900. The van der Waals surface area contributed by atoms with E-state index in [9.17, 15) is 9.59 Å². The lowest BCUT2D eigenvalue weighted by atomic mass is 10.1. The van der Waals surface area contributed by atoms with Crippen molar-refractivity contribution in [3.05, 3.63) is 0 Å². The van der Waals surface area contributed by atoms with Gasteiger partial charge >= 0.3 is 0 Å². The molecule has 0 atom stereocenters. The molecule has 2 aliphatic heterocycles. The molecule has 2 aliphatic rings. The normalized spacial score (nSPS) is 22.8. The quantitative estimate of drug-likeness (QED) is 0.616. The Morgan fingerprint density at radius 2 is 1.69 bits per heavy atom. The van der Waals surface area contributed by atoms with E-state index in [1.54, 1.807) is 4.90 Å². The van der Waals surface area contributed by atoms with Gasteiger partial charge in [0.15, 0.2) is 0 Å². The van der Waals surface area contributed by atoms with Crippen molar-refractivity contribution in [1.82, 2.24) is 9.80 Å². The highest BCUT2D eigenvalue weighted by Gasteiger charge is 2.12. The summed E-state index contributed by atoms with van der Waals surface area (Å²) in [7, 11) is 3.85. The van der Waals surface area contributed by atoms with Gasteiger partial charge in [-0.15, -0.1) is 0 Å². The number of likely N-dealkylation sites (tertiary alicyclic amines) is 2. The molecule has 1 amide bonds. The zero-order valence-corrected chi connectivity index (χ0v) is 10.4. The molecule has 2 fully saturated rings. The Balaban J connectivity index is 0.000000160. The molecule has 0 saturated carbocycles. The SMILES string of the molecule is CN1CCCC(=O)C1.CN1CCCCC1=O. The minimum Gasteiger partial charge on any atom is -0.346 e. The summed E-state index contributed by atoms with van der Waals surface area (Å²) in [6, 6.07) is 0. The zero-order chi connectivity index (χ0) is 12.0. The Morgan fingerprint density at radius 3 is 2.06 bits per heavy atom. The lowest BCUT2D eigenvalue weighted by Crippen LogP contribution is -2.31. The number of hydrogen-bond donors (Lipinski definition) is 0. The van der Waals surface area contributed by atoms with Crippen LogP contribution in [0.2, 0.25) is 0 Å². The summed E-state index contributed by atoms with van der Waals surface area (Å²) >= 11 is 0. The first kappa shape index (κ1) is 13.2. The van der Waals surface area contributed by atoms with Crippen LogP contribution in [0, 0.1) is 0 Å². The predicted molar refractivity (Wildman–Crippen MR) is 63.2 cm³/mol. The van der Waals surface area contributed by atoms with Crippen LogP contribution in [0.25, 0.3) is 0 Å². The smallest absolute Gasteiger partial charge is 0.222 e. The highest BCUT2D eigenvalue weighted by molar-refractivity contribution is 5.81. The Bertz CT molecular complexity index is 253. The van der Waals surface area contributed by atoms with Crippen molar-refractivity contribution in [3.8, 4) is 0 Å². The number of nitrogens with zero attached hydrogens (tertiary/aromatic N) is 2. The lowest BCUT2D eigenvalue weighted by Gasteiger charge is -2.21. The van der Waals surface area contributed by atoms with Crippen LogP contribution in [0.3, 0.4) is 0 Å². The second-order valence-corrected chi connectivity index (χ2v) is 4.65. The summed E-state index contributed by atoms with van der Waals surface area (Å²) in [5.74, 6) is 0.690. The molecule has 2 heterocycles. The fraction of sp³-hybridized carbons (Fsp3) is 0.833. The first-order chi connectivity index (χ1) is 7.59. The molecule has 0 aliphatic carbocycles. The number of likely N-dealkylation sites (N-methyl/N-ethyl adjacent to an activating group) is 1. The molecule has 2 saturated heterocycles. The van der Waals surface area contributed by atoms with Crippen LogP contribution in [0.15, 0.2) is 0 Å². The number of piperidine rings is 2. The summed E-state index contributed by atoms with van der Waals surface area (Å²) in [6.07, 6.45) is 4.88. The average Bonchev–Trinajstić information content (AvgIpc) is 2.23. The predicted octanol–water partition coefficient (Wildman–Crippen LogP) is 0.910. The van der Waals surface area contributed by atoms with Gasteiger partial charge in [0.2, 0.25) is 5.91 Å². The van der Waals surface area contributed by atoms with Gasteiger partial charge in [0.25, 0.3) is 0 Å². The van der Waals surface area contributed by atoms with E-state index >= 15 is 0 Å². The molecule has 0 N–H and O–H groups in total. The van der Waals surface area contributed by atoms with E-state index in [0.717, 1.165) is 38.8 Å². The highest BCUT2D eigenvalue weighted by Crippen LogP contribution is 2.06. The Kier molecular flexibility index (Phi) is 5.46. The van der Waals surface area contributed by atoms with E-state index in [2.05, 4.69) is 4.90 Å². The van der Waals surface area contributed by atoms with Crippen molar-refractivity contribution in [2.24, 2.45) is 0 Å². The van der Waals surface area contributed by atoms with Crippen molar-refractivity contribution in [1.29, 1.82) is 0 Å². The van der Waals surface area contributed by atoms with Crippen molar-refractivity contribution in [2.75, 3.05) is 33.7 Å². The molecule has 0 spiro atoms. The molecule has 0 radical (unpaired) electrons. The number of carbonyl (C=O) groups is 2. The van der Waals surface area contributed by atoms with Gasteiger partial charge in [-0.25, -0.2) is 0 Å². The number of Topliss-reactive ketones (excluding diaryl/α,β-unsaturated/α-hetero) is 1. The second kappa shape index (κ2) is 6.63. The number of ketones is 1. The molecule has 4 nitrogen and oxygen atoms in total. The second-order valence-electron chi connectivity index (χ2n) is 4.65. The molecule has 0 unspecified atom stereocenters. The molecule has 0 bridgehead atoms. The number of amides is 1. The zero-order valence-electron chi connectivity index (χ0n) is 10.4. The van der Waals surface area contributed by atoms with Crippen LogP contribution in [0.4, 0.5) is 0 Å². The van der Waals surface area contributed by atoms with Crippen molar-refractivity contribution in [3.63, 3.8) is 0 Å². The van der Waals surface area contributed by atoms with Crippen LogP contribution >= 0.6 is 0 Å². The van der Waals surface area contributed by atoms with Gasteiger partial charge in [-0.05, 0) is 32.9 Å². The third-order valence-electron chi connectivity index (χ3n) is 3.00. The summed E-state index contributed by atoms with van der Waals surface area (Å²) in [4.78, 5) is 25.2. The maximum absolute atomic E-state index is 10.7. The van der Waals surface area contributed by atoms with Crippen LogP contribution in [-0.2, 0) is 9.59 Å². The maximum atomic E-state index is 10.7. The topological polar surface area (TPSA) is 40.6 Å². The molecule has 0 aromatic heterocycles. The van der Waals surface area contributed by atoms with Gasteiger partial charge in [-0.2, -0.15) is 0 Å². The van der Waals surface area contributed by atoms with Gasteiger partial charge < -0.3 is 4.90 Å². The van der Waals surface area contributed by atoms with E-state index in [1.807, 2.05) is 14.1 Å². The molecule has 4 heteroatoms. The molecular weight excluding hydrogens is 204 g/mol. The van der Waals surface area contributed by atoms with E-state index in [0.29, 0.717) is 18.2 Å². The van der Waals surface area contributed by atoms with Crippen LogP contribution < -0.4 is 0 Å². The van der Waals surface area contributed by atoms with Crippen molar-refractivity contribution < 1.29 is 9.59 Å². The van der Waals surface area contributed by atoms with Crippen LogP contribution in [0.5, 0.6) is 0 Å². The minimum atomic E-state index is 0.302. The van der Waals surface area contributed by atoms with E-state index < -0.39 is 0 Å². The monoisotopic (exact) mass is 226 g/mol. The van der Waals surface area contributed by atoms with Gasteiger partial charge in [0.1, 0.15) is 5.78 Å². The first-order valence-corrected chi connectivity index (χ1v) is 6.04. The molecule has 0 aromatic rings. The van der Waals surface area contributed by atoms with Crippen LogP contribution in [-0.4, -0.2) is 55.2 Å². The summed E-state index contributed by atoms with van der Waals surface area (Å²) in [6.45, 7) is 2.71. The number of rotatable bonds is 0. The van der Waals surface area contributed by atoms with Gasteiger partial charge in [0, 0.05) is 26.4 Å². The average molecular weight is 226 g/mol. The van der Waals surface area contributed by atoms with Crippen molar-refractivity contribution in [2.45, 2.75) is 32.1 Å². The Morgan fingerprint density at radius 1 is 0.938 bits per heavy atom. The highest BCUT2D eigenvalue weighted by atomic mass is 16.2. The number of hydrogen-bond acceptors (Lipinski definition) is 3. The van der Waals surface area contributed by atoms with Crippen LogP contribution in [0.1, 0.15) is 32.1 Å². The fourth-order valence-corrected chi connectivity index (χ4v) is 1.95. The summed E-state index contributed by atoms with van der Waals surface area (Å²) in [5.41, 5.74) is 0. The minimum absolute atomic E-state index is 0.302. The van der Waals surface area contributed by atoms with E-state index in [4.69, 9.17) is 0 Å². The lowest BCUT2D eigenvalue weighted by molar-refractivity contribution is -0.131. The summed E-state index contributed by atoms with van der Waals surface area (Å²) < 4.78 is 0.